The number of piperazine rings is 1. The highest BCUT2D eigenvalue weighted by atomic mass is 15.3. The van der Waals surface area contributed by atoms with Crippen molar-refractivity contribution < 1.29 is 0 Å². The summed E-state index contributed by atoms with van der Waals surface area (Å²) in [6.45, 7) is 13.0. The van der Waals surface area contributed by atoms with Crippen molar-refractivity contribution in [2.45, 2.75) is 37.8 Å². The van der Waals surface area contributed by atoms with E-state index < -0.39 is 0 Å². The Morgan fingerprint density at radius 3 is 2.31 bits per heavy atom. The van der Waals surface area contributed by atoms with Crippen LogP contribution in [-0.2, 0) is 13.0 Å². The van der Waals surface area contributed by atoms with Gasteiger partial charge in [-0.05, 0) is 31.2 Å². The van der Waals surface area contributed by atoms with Crippen LogP contribution in [0.5, 0.6) is 0 Å². The van der Waals surface area contributed by atoms with Gasteiger partial charge in [-0.15, -0.1) is 0 Å². The molecule has 0 bridgehead atoms. The fourth-order valence-electron chi connectivity index (χ4n) is 4.25. The lowest BCUT2D eigenvalue weighted by Gasteiger charge is -2.40. The van der Waals surface area contributed by atoms with Crippen molar-refractivity contribution in [3.63, 3.8) is 0 Å². The van der Waals surface area contributed by atoms with Gasteiger partial charge in [-0.25, -0.2) is 4.85 Å². The van der Waals surface area contributed by atoms with Crippen molar-refractivity contribution in [2.24, 2.45) is 0 Å². The quantitative estimate of drug-likeness (QED) is 0.713. The van der Waals surface area contributed by atoms with Crippen molar-refractivity contribution in [3.8, 4) is 0 Å². The predicted molar refractivity (Wildman–Crippen MR) is 106 cm³/mol. The molecule has 26 heavy (non-hydrogen) atoms. The van der Waals surface area contributed by atoms with Crippen LogP contribution in [-0.4, -0.2) is 41.5 Å². The Morgan fingerprint density at radius 1 is 0.885 bits per heavy atom. The van der Waals surface area contributed by atoms with E-state index >= 15 is 0 Å². The molecule has 2 fully saturated rings. The molecular weight excluding hydrogens is 318 g/mol. The van der Waals surface area contributed by atoms with Gasteiger partial charge in [0.15, 0.2) is 5.69 Å². The molecule has 1 heterocycles. The monoisotopic (exact) mass is 345 g/mol. The standard InChI is InChI=1S/C23H27N3/c1-24-22-9-5-8-20(18-22)10-11-23(12-13-23)26-16-14-25(15-17-26)19-21-6-3-2-4-7-21/h2-9,18H,10-17,19H2. The van der Waals surface area contributed by atoms with Gasteiger partial charge in [0.1, 0.15) is 0 Å². The molecule has 134 valence electrons. The second-order valence-electron chi connectivity index (χ2n) is 7.75. The molecular formula is C23H27N3. The Labute approximate surface area is 157 Å². The van der Waals surface area contributed by atoms with Gasteiger partial charge < -0.3 is 0 Å². The fraction of sp³-hybridized carbons (Fsp3) is 0.435. The molecule has 2 aliphatic rings. The van der Waals surface area contributed by atoms with Crippen LogP contribution >= 0.6 is 0 Å². The maximum Gasteiger partial charge on any atom is 0.187 e. The van der Waals surface area contributed by atoms with E-state index in [1.54, 1.807) is 0 Å². The normalized spacial score (nSPS) is 19.8. The molecule has 0 unspecified atom stereocenters. The minimum atomic E-state index is 0.437. The van der Waals surface area contributed by atoms with E-state index in [1.165, 1.54) is 56.6 Å². The molecule has 4 rings (SSSR count). The lowest BCUT2D eigenvalue weighted by molar-refractivity contribution is 0.0768. The number of benzene rings is 2. The second-order valence-corrected chi connectivity index (χ2v) is 7.75. The van der Waals surface area contributed by atoms with Crippen molar-refractivity contribution in [3.05, 3.63) is 77.1 Å². The van der Waals surface area contributed by atoms with Crippen molar-refractivity contribution in [1.82, 2.24) is 9.80 Å². The van der Waals surface area contributed by atoms with Crippen LogP contribution in [0.3, 0.4) is 0 Å². The van der Waals surface area contributed by atoms with E-state index in [2.05, 4.69) is 57.1 Å². The summed E-state index contributed by atoms with van der Waals surface area (Å²) in [5.41, 5.74) is 3.93. The van der Waals surface area contributed by atoms with Crippen LogP contribution in [0.2, 0.25) is 0 Å². The van der Waals surface area contributed by atoms with Crippen LogP contribution < -0.4 is 0 Å². The topological polar surface area (TPSA) is 10.8 Å². The van der Waals surface area contributed by atoms with Gasteiger partial charge in [0.05, 0.1) is 6.57 Å². The van der Waals surface area contributed by atoms with E-state index in [1.807, 2.05) is 12.1 Å². The smallest absolute Gasteiger partial charge is 0.187 e. The largest absolute Gasteiger partial charge is 0.297 e. The Morgan fingerprint density at radius 2 is 1.62 bits per heavy atom. The number of rotatable bonds is 6. The van der Waals surface area contributed by atoms with Gasteiger partial charge in [0.25, 0.3) is 0 Å². The van der Waals surface area contributed by atoms with E-state index in [0.29, 0.717) is 5.54 Å². The lowest BCUT2D eigenvalue weighted by Crippen LogP contribution is -2.51. The highest BCUT2D eigenvalue weighted by Crippen LogP contribution is 2.46. The first-order chi connectivity index (χ1) is 12.8. The summed E-state index contributed by atoms with van der Waals surface area (Å²) in [4.78, 5) is 8.89. The van der Waals surface area contributed by atoms with E-state index in [4.69, 9.17) is 6.57 Å². The van der Waals surface area contributed by atoms with Crippen LogP contribution in [0.4, 0.5) is 5.69 Å². The number of nitrogens with zero attached hydrogens (tertiary/aromatic N) is 3. The van der Waals surface area contributed by atoms with Gasteiger partial charge >= 0.3 is 0 Å². The van der Waals surface area contributed by atoms with Crippen LogP contribution in [0.1, 0.15) is 30.4 Å². The molecule has 0 spiro atoms. The third-order valence-electron chi connectivity index (χ3n) is 6.04. The maximum absolute atomic E-state index is 7.18. The van der Waals surface area contributed by atoms with Crippen LogP contribution in [0, 0.1) is 6.57 Å². The van der Waals surface area contributed by atoms with E-state index in [-0.39, 0.29) is 0 Å². The number of hydrogen-bond donors (Lipinski definition) is 0. The van der Waals surface area contributed by atoms with E-state index in [0.717, 1.165) is 18.7 Å². The first-order valence-electron chi connectivity index (χ1n) is 9.75. The molecule has 2 aromatic rings. The molecule has 0 radical (unpaired) electrons. The van der Waals surface area contributed by atoms with Gasteiger partial charge in [-0.3, -0.25) is 9.80 Å². The molecule has 0 aromatic heterocycles. The average Bonchev–Trinajstić information content (AvgIpc) is 3.49. The van der Waals surface area contributed by atoms with Gasteiger partial charge in [0.2, 0.25) is 0 Å². The molecule has 1 aliphatic carbocycles. The van der Waals surface area contributed by atoms with Crippen molar-refractivity contribution in [2.75, 3.05) is 26.2 Å². The molecule has 1 saturated heterocycles. The van der Waals surface area contributed by atoms with Crippen LogP contribution in [0.25, 0.3) is 4.85 Å². The highest BCUT2D eigenvalue weighted by Gasteiger charge is 2.47. The maximum atomic E-state index is 7.18. The predicted octanol–water partition coefficient (Wildman–Crippen LogP) is 4.52. The summed E-state index contributed by atoms with van der Waals surface area (Å²) in [5, 5.41) is 0. The number of hydrogen-bond acceptors (Lipinski definition) is 2. The van der Waals surface area contributed by atoms with E-state index in [9.17, 15) is 0 Å². The van der Waals surface area contributed by atoms with Crippen LogP contribution in [0.15, 0.2) is 54.6 Å². The van der Waals surface area contributed by atoms with Gasteiger partial charge in [0, 0.05) is 38.3 Å². The summed E-state index contributed by atoms with van der Waals surface area (Å²) < 4.78 is 0. The minimum absolute atomic E-state index is 0.437. The summed E-state index contributed by atoms with van der Waals surface area (Å²) >= 11 is 0. The van der Waals surface area contributed by atoms with Crippen molar-refractivity contribution in [1.29, 1.82) is 0 Å². The summed E-state index contributed by atoms with van der Waals surface area (Å²) in [5.74, 6) is 0. The zero-order valence-corrected chi connectivity index (χ0v) is 15.4. The van der Waals surface area contributed by atoms with Gasteiger partial charge in [-0.1, -0.05) is 60.2 Å². The Hall–Kier alpha value is -2.15. The zero-order chi connectivity index (χ0) is 17.8. The summed E-state index contributed by atoms with van der Waals surface area (Å²) in [7, 11) is 0. The zero-order valence-electron chi connectivity index (χ0n) is 15.4. The molecule has 0 amide bonds. The summed E-state index contributed by atoms with van der Waals surface area (Å²) in [6.07, 6.45) is 5.00. The Kier molecular flexibility index (Phi) is 5.06. The summed E-state index contributed by atoms with van der Waals surface area (Å²) in [6, 6.07) is 19.0. The third kappa shape index (κ3) is 3.98. The first-order valence-corrected chi connectivity index (χ1v) is 9.75. The first kappa shape index (κ1) is 17.3. The number of aryl methyl sites for hydroxylation is 1. The van der Waals surface area contributed by atoms with Gasteiger partial charge in [-0.2, -0.15) is 0 Å². The lowest BCUT2D eigenvalue weighted by atomic mass is 10.0. The second kappa shape index (κ2) is 7.61. The van der Waals surface area contributed by atoms with Crippen molar-refractivity contribution >= 4 is 5.69 Å². The molecule has 0 N–H and O–H groups in total. The molecule has 3 heteroatoms. The third-order valence-corrected chi connectivity index (χ3v) is 6.04. The Balaban J connectivity index is 1.29. The average molecular weight is 345 g/mol. The Bertz CT molecular complexity index is 766. The molecule has 1 saturated carbocycles. The fourth-order valence-corrected chi connectivity index (χ4v) is 4.25. The molecule has 1 aliphatic heterocycles. The highest BCUT2D eigenvalue weighted by molar-refractivity contribution is 5.46. The molecule has 0 atom stereocenters. The molecule has 3 nitrogen and oxygen atoms in total. The minimum Gasteiger partial charge on any atom is -0.297 e. The molecule has 2 aromatic carbocycles. The SMILES string of the molecule is [C-]#[N+]c1cccc(CCC2(N3CCN(Cc4ccccc4)CC3)CC2)c1.